The molecule has 2 aliphatic rings. The maximum atomic E-state index is 15.2. The molecule has 0 atom stereocenters. The lowest BCUT2D eigenvalue weighted by molar-refractivity contribution is 0.0228. The number of amides is 2. The largest absolute Gasteiger partial charge is 0.341 e. The number of carbonyl (C=O) groups is 1. The highest BCUT2D eigenvalue weighted by atomic mass is 19.1. The number of piperidine rings is 1. The molecule has 0 unspecified atom stereocenters. The Morgan fingerprint density at radius 3 is 2.70 bits per heavy atom. The fourth-order valence-electron chi connectivity index (χ4n) is 5.15. The second kappa shape index (κ2) is 8.02. The van der Waals surface area contributed by atoms with Gasteiger partial charge >= 0.3 is 6.03 Å². The molecule has 1 aromatic carbocycles. The zero-order valence-corrected chi connectivity index (χ0v) is 18.2. The molecular formula is C23H32FN5O. The van der Waals surface area contributed by atoms with Crippen molar-refractivity contribution in [2.45, 2.75) is 38.0 Å². The number of hydrogen-bond acceptors (Lipinski definition) is 3. The quantitative estimate of drug-likeness (QED) is 0.753. The van der Waals surface area contributed by atoms with Crippen LogP contribution in [-0.4, -0.2) is 54.4 Å². The van der Waals surface area contributed by atoms with Crippen LogP contribution < -0.4 is 10.2 Å². The van der Waals surface area contributed by atoms with Gasteiger partial charge in [-0.05, 0) is 81.3 Å². The molecule has 1 saturated carbocycles. The summed E-state index contributed by atoms with van der Waals surface area (Å²) in [7, 11) is 5.61. The fraction of sp³-hybridized carbons (Fsp3) is 0.565. The second-order valence-corrected chi connectivity index (χ2v) is 9.03. The van der Waals surface area contributed by atoms with Gasteiger partial charge in [0.05, 0.1) is 5.52 Å². The third-order valence-electron chi connectivity index (χ3n) is 7.07. The first-order valence-corrected chi connectivity index (χ1v) is 10.8. The number of nitrogens with one attached hydrogen (secondary N) is 1. The Hall–Kier alpha value is -2.41. The van der Waals surface area contributed by atoms with Crippen molar-refractivity contribution in [1.82, 2.24) is 20.0 Å². The number of benzene rings is 1. The molecule has 1 saturated heterocycles. The highest BCUT2D eigenvalue weighted by molar-refractivity contribution is 6.01. The maximum Gasteiger partial charge on any atom is 0.322 e. The van der Waals surface area contributed by atoms with Crippen LogP contribution in [0.15, 0.2) is 24.8 Å². The predicted molar refractivity (Wildman–Crippen MR) is 118 cm³/mol. The van der Waals surface area contributed by atoms with E-state index in [0.717, 1.165) is 37.0 Å². The summed E-state index contributed by atoms with van der Waals surface area (Å²) in [5.41, 5.74) is 2.05. The molecule has 2 amide bonds. The Balaban J connectivity index is 1.63. The number of halogens is 1. The molecule has 1 N–H and O–H groups in total. The summed E-state index contributed by atoms with van der Waals surface area (Å²) in [4.78, 5) is 16.4. The molecule has 162 valence electrons. The van der Waals surface area contributed by atoms with Crippen LogP contribution >= 0.6 is 0 Å². The van der Waals surface area contributed by atoms with Crippen molar-refractivity contribution < 1.29 is 9.18 Å². The molecule has 0 radical (unpaired) electrons. The number of carbonyl (C=O) groups excluding carboxylic acids is 1. The van der Waals surface area contributed by atoms with Crippen LogP contribution in [0.4, 0.5) is 15.0 Å². The topological polar surface area (TPSA) is 53.4 Å². The average Bonchev–Trinajstić information content (AvgIpc) is 3.02. The lowest BCUT2D eigenvalue weighted by Crippen LogP contribution is -2.45. The first-order chi connectivity index (χ1) is 14.4. The number of rotatable bonds is 5. The minimum absolute atomic E-state index is 0.190. The van der Waals surface area contributed by atoms with Crippen LogP contribution in [0.1, 0.15) is 43.6 Å². The standard InChI is InChI=1S/C23H32FN5O/c1-5-6-9-29(22(30)25-2)21-18-12-19(24)17(13-20(18)28(4)26-21)16-14-23(15-16)7-10-27(3)11-8-23/h5,12-13,16H,1,6-11,14-15H2,2-4H3,(H,25,30). The van der Waals surface area contributed by atoms with Crippen LogP contribution in [0, 0.1) is 11.2 Å². The monoisotopic (exact) mass is 413 g/mol. The molecule has 2 aromatic rings. The number of hydrogen-bond donors (Lipinski definition) is 1. The average molecular weight is 414 g/mol. The molecule has 1 aliphatic heterocycles. The third kappa shape index (κ3) is 3.60. The number of aromatic nitrogens is 2. The van der Waals surface area contributed by atoms with Gasteiger partial charge in [-0.2, -0.15) is 5.10 Å². The molecule has 2 heterocycles. The molecule has 30 heavy (non-hydrogen) atoms. The highest BCUT2D eigenvalue weighted by Gasteiger charge is 2.46. The van der Waals surface area contributed by atoms with E-state index in [1.54, 1.807) is 28.8 Å². The van der Waals surface area contributed by atoms with Crippen LogP contribution in [0.2, 0.25) is 0 Å². The molecular weight excluding hydrogens is 381 g/mol. The van der Waals surface area contributed by atoms with Gasteiger partial charge in [0.15, 0.2) is 5.82 Å². The first-order valence-electron chi connectivity index (χ1n) is 10.8. The molecule has 1 aromatic heterocycles. The van der Waals surface area contributed by atoms with E-state index in [4.69, 9.17) is 0 Å². The Labute approximate surface area is 177 Å². The summed E-state index contributed by atoms with van der Waals surface area (Å²) >= 11 is 0. The minimum atomic E-state index is -0.260. The molecule has 0 bridgehead atoms. The van der Waals surface area contributed by atoms with E-state index in [1.165, 1.54) is 12.8 Å². The van der Waals surface area contributed by atoms with Crippen LogP contribution in [0.5, 0.6) is 0 Å². The molecule has 4 rings (SSSR count). The highest BCUT2D eigenvalue weighted by Crippen LogP contribution is 2.57. The summed E-state index contributed by atoms with van der Waals surface area (Å²) in [5, 5.41) is 7.88. The van der Waals surface area contributed by atoms with Crippen molar-refractivity contribution in [3.8, 4) is 0 Å². The summed E-state index contributed by atoms with van der Waals surface area (Å²) in [6.45, 7) is 6.45. The van der Waals surface area contributed by atoms with Crippen LogP contribution in [-0.2, 0) is 7.05 Å². The lowest BCUT2D eigenvalue weighted by atomic mass is 9.56. The molecule has 7 heteroatoms. The third-order valence-corrected chi connectivity index (χ3v) is 7.07. The predicted octanol–water partition coefficient (Wildman–Crippen LogP) is 4.02. The number of urea groups is 1. The van der Waals surface area contributed by atoms with E-state index in [2.05, 4.69) is 28.9 Å². The van der Waals surface area contributed by atoms with E-state index >= 15 is 4.39 Å². The van der Waals surface area contributed by atoms with Gasteiger partial charge in [-0.25, -0.2) is 9.18 Å². The van der Waals surface area contributed by atoms with E-state index in [1.807, 2.05) is 13.1 Å². The first kappa shape index (κ1) is 20.8. The number of aryl methyl sites for hydroxylation is 1. The summed E-state index contributed by atoms with van der Waals surface area (Å²) < 4.78 is 17.0. The fourth-order valence-corrected chi connectivity index (χ4v) is 5.15. The maximum absolute atomic E-state index is 15.2. The zero-order chi connectivity index (χ0) is 21.5. The van der Waals surface area contributed by atoms with Crippen LogP contribution in [0.3, 0.4) is 0 Å². The smallest absolute Gasteiger partial charge is 0.322 e. The van der Waals surface area contributed by atoms with Gasteiger partial charge < -0.3 is 10.2 Å². The Bertz CT molecular complexity index is 952. The molecule has 1 aliphatic carbocycles. The van der Waals surface area contributed by atoms with Crippen molar-refractivity contribution in [3.05, 3.63) is 36.2 Å². The van der Waals surface area contributed by atoms with E-state index in [0.29, 0.717) is 29.6 Å². The van der Waals surface area contributed by atoms with Gasteiger partial charge in [-0.15, -0.1) is 6.58 Å². The van der Waals surface area contributed by atoms with Gasteiger partial charge in [0.2, 0.25) is 0 Å². The number of anilines is 1. The second-order valence-electron chi connectivity index (χ2n) is 9.03. The number of fused-ring (bicyclic) bond motifs is 1. The van der Waals surface area contributed by atoms with Crippen molar-refractivity contribution in [2.75, 3.05) is 38.6 Å². The van der Waals surface area contributed by atoms with Gasteiger partial charge in [0.1, 0.15) is 5.82 Å². The van der Waals surface area contributed by atoms with Crippen molar-refractivity contribution in [2.24, 2.45) is 12.5 Å². The summed E-state index contributed by atoms with van der Waals surface area (Å²) in [6.07, 6.45) is 6.95. The minimum Gasteiger partial charge on any atom is -0.341 e. The summed E-state index contributed by atoms with van der Waals surface area (Å²) in [6, 6.07) is 3.25. The molecule has 2 fully saturated rings. The van der Waals surface area contributed by atoms with Crippen molar-refractivity contribution in [1.29, 1.82) is 0 Å². The number of likely N-dealkylation sites (tertiary alicyclic amines) is 1. The normalized spacial score (nSPS) is 19.1. The van der Waals surface area contributed by atoms with E-state index in [9.17, 15) is 4.79 Å². The molecule has 6 nitrogen and oxygen atoms in total. The van der Waals surface area contributed by atoms with Gasteiger partial charge in [0, 0.05) is 26.0 Å². The number of nitrogens with zero attached hydrogens (tertiary/aromatic N) is 4. The summed E-state index contributed by atoms with van der Waals surface area (Å²) in [5.74, 6) is 0.566. The Morgan fingerprint density at radius 1 is 1.37 bits per heavy atom. The molecule has 1 spiro atoms. The van der Waals surface area contributed by atoms with Crippen molar-refractivity contribution >= 4 is 22.8 Å². The zero-order valence-electron chi connectivity index (χ0n) is 18.2. The van der Waals surface area contributed by atoms with Gasteiger partial charge in [0.25, 0.3) is 0 Å². The Morgan fingerprint density at radius 2 is 2.07 bits per heavy atom. The van der Waals surface area contributed by atoms with Crippen molar-refractivity contribution in [3.63, 3.8) is 0 Å². The van der Waals surface area contributed by atoms with Crippen LogP contribution in [0.25, 0.3) is 10.9 Å². The van der Waals surface area contributed by atoms with E-state index in [-0.39, 0.29) is 17.8 Å². The van der Waals surface area contributed by atoms with Gasteiger partial charge in [-0.3, -0.25) is 9.58 Å². The SMILES string of the molecule is C=CCCN(C(=O)NC)c1nn(C)c2cc(C3CC4(CCN(C)CC4)C3)c(F)cc12. The van der Waals surface area contributed by atoms with Gasteiger partial charge in [-0.1, -0.05) is 6.08 Å². The van der Waals surface area contributed by atoms with E-state index < -0.39 is 0 Å². The lowest BCUT2D eigenvalue weighted by Gasteiger charge is -2.52. The Kier molecular flexibility index (Phi) is 5.57.